The molecule has 1 fully saturated rings. The van der Waals surface area contributed by atoms with E-state index in [1.807, 2.05) is 6.92 Å². The highest BCUT2D eigenvalue weighted by Gasteiger charge is 2.33. The Hall–Kier alpha value is -1.60. The van der Waals surface area contributed by atoms with Crippen molar-refractivity contribution < 1.29 is 13.2 Å². The Balaban J connectivity index is 1.73. The maximum atomic E-state index is 12.9. The van der Waals surface area contributed by atoms with Crippen molar-refractivity contribution in [3.05, 3.63) is 58.1 Å². The summed E-state index contributed by atoms with van der Waals surface area (Å²) in [7, 11) is -3.65. The van der Waals surface area contributed by atoms with Gasteiger partial charge in [0, 0.05) is 28.8 Å². The quantitative estimate of drug-likeness (QED) is 0.790. The van der Waals surface area contributed by atoms with Crippen LogP contribution in [0.2, 0.25) is 10.0 Å². The third kappa shape index (κ3) is 4.63. The van der Waals surface area contributed by atoms with Crippen LogP contribution in [0.3, 0.4) is 0 Å². The topological polar surface area (TPSA) is 66.5 Å². The molecule has 0 aliphatic carbocycles. The molecule has 1 saturated heterocycles. The standard InChI is InChI=1S/C19H20Cl2N2O3S/c1-13-11-16(21)6-9-18(13)22-19(24)14-3-2-10-23(12-14)27(25,26)17-7-4-15(20)5-8-17/h4-9,11,14H,2-3,10,12H2,1H3,(H,22,24). The largest absolute Gasteiger partial charge is 0.326 e. The van der Waals surface area contributed by atoms with E-state index in [1.165, 1.54) is 16.4 Å². The molecule has 0 spiro atoms. The number of nitrogens with one attached hydrogen (secondary N) is 1. The normalized spacial score (nSPS) is 18.3. The van der Waals surface area contributed by atoms with Crippen molar-refractivity contribution in [2.45, 2.75) is 24.7 Å². The van der Waals surface area contributed by atoms with Gasteiger partial charge in [-0.15, -0.1) is 0 Å². The van der Waals surface area contributed by atoms with Crippen LogP contribution >= 0.6 is 23.2 Å². The monoisotopic (exact) mass is 426 g/mol. The highest BCUT2D eigenvalue weighted by Crippen LogP contribution is 2.26. The van der Waals surface area contributed by atoms with E-state index < -0.39 is 15.9 Å². The molecule has 144 valence electrons. The van der Waals surface area contributed by atoms with Crippen LogP contribution in [-0.2, 0) is 14.8 Å². The first-order valence-corrected chi connectivity index (χ1v) is 10.8. The van der Waals surface area contributed by atoms with Gasteiger partial charge < -0.3 is 5.32 Å². The zero-order valence-corrected chi connectivity index (χ0v) is 17.1. The van der Waals surface area contributed by atoms with Crippen molar-refractivity contribution in [2.24, 2.45) is 5.92 Å². The van der Waals surface area contributed by atoms with Gasteiger partial charge in [-0.2, -0.15) is 4.31 Å². The van der Waals surface area contributed by atoms with Gasteiger partial charge in [-0.1, -0.05) is 23.2 Å². The third-order valence-corrected chi connectivity index (χ3v) is 7.02. The van der Waals surface area contributed by atoms with Crippen LogP contribution in [0.15, 0.2) is 47.4 Å². The lowest BCUT2D eigenvalue weighted by Crippen LogP contribution is -2.43. The Morgan fingerprint density at radius 1 is 1.11 bits per heavy atom. The average Bonchev–Trinajstić information content (AvgIpc) is 2.64. The summed E-state index contributed by atoms with van der Waals surface area (Å²) >= 11 is 11.8. The molecule has 2 aromatic carbocycles. The zero-order valence-electron chi connectivity index (χ0n) is 14.8. The number of carbonyl (C=O) groups excluding carboxylic acids is 1. The fourth-order valence-corrected chi connectivity index (χ4v) is 5.01. The molecule has 8 heteroatoms. The minimum Gasteiger partial charge on any atom is -0.326 e. The van der Waals surface area contributed by atoms with Gasteiger partial charge in [0.15, 0.2) is 0 Å². The number of hydrogen-bond acceptors (Lipinski definition) is 3. The van der Waals surface area contributed by atoms with E-state index in [2.05, 4.69) is 5.32 Å². The highest BCUT2D eigenvalue weighted by atomic mass is 35.5. The maximum absolute atomic E-state index is 12.9. The molecule has 27 heavy (non-hydrogen) atoms. The summed E-state index contributed by atoms with van der Waals surface area (Å²) in [6.07, 6.45) is 1.27. The first-order valence-electron chi connectivity index (χ1n) is 8.60. The number of sulfonamides is 1. The molecule has 0 saturated carbocycles. The summed E-state index contributed by atoms with van der Waals surface area (Å²) < 4.78 is 27.1. The Morgan fingerprint density at radius 3 is 2.44 bits per heavy atom. The van der Waals surface area contributed by atoms with E-state index in [4.69, 9.17) is 23.2 Å². The number of benzene rings is 2. The lowest BCUT2D eigenvalue weighted by atomic mass is 9.98. The van der Waals surface area contributed by atoms with Crippen molar-refractivity contribution in [1.29, 1.82) is 0 Å². The van der Waals surface area contributed by atoms with Crippen LogP contribution in [0.25, 0.3) is 0 Å². The van der Waals surface area contributed by atoms with Gasteiger partial charge in [0.1, 0.15) is 0 Å². The van der Waals surface area contributed by atoms with Crippen LogP contribution in [0, 0.1) is 12.8 Å². The van der Waals surface area contributed by atoms with Crippen LogP contribution in [0.5, 0.6) is 0 Å². The zero-order chi connectivity index (χ0) is 19.6. The van der Waals surface area contributed by atoms with Gasteiger partial charge in [-0.3, -0.25) is 4.79 Å². The number of nitrogens with zero attached hydrogens (tertiary/aromatic N) is 1. The van der Waals surface area contributed by atoms with Crippen molar-refractivity contribution in [3.8, 4) is 0 Å². The maximum Gasteiger partial charge on any atom is 0.243 e. The van der Waals surface area contributed by atoms with Gasteiger partial charge >= 0.3 is 0 Å². The molecule has 1 aliphatic rings. The Kier molecular flexibility index (Phi) is 6.11. The predicted molar refractivity (Wildman–Crippen MR) is 108 cm³/mol. The Bertz CT molecular complexity index is 946. The molecular weight excluding hydrogens is 407 g/mol. The molecule has 1 N–H and O–H groups in total. The van der Waals surface area contributed by atoms with Crippen molar-refractivity contribution in [3.63, 3.8) is 0 Å². The number of rotatable bonds is 4. The summed E-state index contributed by atoms with van der Waals surface area (Å²) in [5.41, 5.74) is 1.54. The molecule has 3 rings (SSSR count). The number of carbonyl (C=O) groups is 1. The minimum atomic E-state index is -3.65. The average molecular weight is 427 g/mol. The Labute approximate surface area is 169 Å². The van der Waals surface area contributed by atoms with E-state index in [-0.39, 0.29) is 17.3 Å². The minimum absolute atomic E-state index is 0.156. The smallest absolute Gasteiger partial charge is 0.243 e. The molecule has 1 aliphatic heterocycles. The summed E-state index contributed by atoms with van der Waals surface area (Å²) in [6, 6.07) is 11.3. The van der Waals surface area contributed by atoms with E-state index in [9.17, 15) is 13.2 Å². The fourth-order valence-electron chi connectivity index (χ4n) is 3.13. The first-order chi connectivity index (χ1) is 12.8. The second-order valence-electron chi connectivity index (χ2n) is 6.60. The molecule has 2 aromatic rings. The highest BCUT2D eigenvalue weighted by molar-refractivity contribution is 7.89. The lowest BCUT2D eigenvalue weighted by molar-refractivity contribution is -0.120. The second kappa shape index (κ2) is 8.19. The number of aryl methyl sites for hydroxylation is 1. The van der Waals surface area contributed by atoms with Crippen LogP contribution in [0.4, 0.5) is 5.69 Å². The van der Waals surface area contributed by atoms with E-state index >= 15 is 0 Å². The lowest BCUT2D eigenvalue weighted by Gasteiger charge is -2.31. The number of amides is 1. The summed E-state index contributed by atoms with van der Waals surface area (Å²) in [5.74, 6) is -0.590. The molecule has 1 heterocycles. The molecule has 0 radical (unpaired) electrons. The van der Waals surface area contributed by atoms with Crippen LogP contribution in [0.1, 0.15) is 18.4 Å². The molecule has 1 unspecified atom stereocenters. The summed E-state index contributed by atoms with van der Waals surface area (Å²) in [4.78, 5) is 12.9. The van der Waals surface area contributed by atoms with E-state index in [0.29, 0.717) is 35.1 Å². The molecule has 0 bridgehead atoms. The number of piperidine rings is 1. The third-order valence-electron chi connectivity index (χ3n) is 4.65. The van der Waals surface area contributed by atoms with Crippen molar-refractivity contribution >= 4 is 44.8 Å². The van der Waals surface area contributed by atoms with Gasteiger partial charge in [-0.25, -0.2) is 8.42 Å². The SMILES string of the molecule is Cc1cc(Cl)ccc1NC(=O)C1CCCN(S(=O)(=O)c2ccc(Cl)cc2)C1. The summed E-state index contributed by atoms with van der Waals surface area (Å²) in [6.45, 7) is 2.41. The molecule has 5 nitrogen and oxygen atoms in total. The molecule has 1 atom stereocenters. The van der Waals surface area contributed by atoms with Crippen LogP contribution in [-0.4, -0.2) is 31.7 Å². The predicted octanol–water partition coefficient (Wildman–Crippen LogP) is 4.34. The van der Waals surface area contributed by atoms with Gasteiger partial charge in [0.05, 0.1) is 10.8 Å². The van der Waals surface area contributed by atoms with Gasteiger partial charge in [0.2, 0.25) is 15.9 Å². The molecule has 0 aromatic heterocycles. The number of anilines is 1. The Morgan fingerprint density at radius 2 is 1.78 bits per heavy atom. The van der Waals surface area contributed by atoms with Crippen molar-refractivity contribution in [1.82, 2.24) is 4.31 Å². The van der Waals surface area contributed by atoms with Gasteiger partial charge in [-0.05, 0) is 67.8 Å². The molecular formula is C19H20Cl2N2O3S. The van der Waals surface area contributed by atoms with Crippen molar-refractivity contribution in [2.75, 3.05) is 18.4 Å². The van der Waals surface area contributed by atoms with E-state index in [0.717, 1.165) is 5.56 Å². The fraction of sp³-hybridized carbons (Fsp3) is 0.316. The second-order valence-corrected chi connectivity index (χ2v) is 9.42. The van der Waals surface area contributed by atoms with Gasteiger partial charge in [0.25, 0.3) is 0 Å². The first kappa shape index (κ1) is 20.1. The molecule has 1 amide bonds. The number of halogens is 2. The summed E-state index contributed by atoms with van der Waals surface area (Å²) in [5, 5.41) is 3.97. The van der Waals surface area contributed by atoms with E-state index in [1.54, 1.807) is 30.3 Å². The number of hydrogen-bond donors (Lipinski definition) is 1. The van der Waals surface area contributed by atoms with Crippen LogP contribution < -0.4 is 5.32 Å².